The minimum atomic E-state index is 1.02. The van der Waals surface area contributed by atoms with Gasteiger partial charge in [-0.25, -0.2) is 0 Å². The van der Waals surface area contributed by atoms with Crippen molar-refractivity contribution < 1.29 is 0 Å². The van der Waals surface area contributed by atoms with Gasteiger partial charge in [0.25, 0.3) is 0 Å². The van der Waals surface area contributed by atoms with Crippen molar-refractivity contribution in [1.29, 1.82) is 0 Å². The van der Waals surface area contributed by atoms with Gasteiger partial charge >= 0.3 is 0 Å². The van der Waals surface area contributed by atoms with Crippen LogP contribution in [-0.2, 0) is 6.42 Å². The van der Waals surface area contributed by atoms with Crippen LogP contribution >= 0.6 is 0 Å². The Morgan fingerprint density at radius 2 is 1.19 bits per heavy atom. The summed E-state index contributed by atoms with van der Waals surface area (Å²) >= 11 is 0. The molecule has 124 valence electrons. The zero-order valence-electron chi connectivity index (χ0n) is 14.9. The highest BCUT2D eigenvalue weighted by Gasteiger charge is 2.20. The Balaban J connectivity index is 1.64. The van der Waals surface area contributed by atoms with Gasteiger partial charge in [0.1, 0.15) is 0 Å². The van der Waals surface area contributed by atoms with E-state index in [9.17, 15) is 0 Å². The van der Waals surface area contributed by atoms with Crippen molar-refractivity contribution in [3.8, 4) is 33.4 Å². The van der Waals surface area contributed by atoms with E-state index in [1.807, 2.05) is 0 Å². The summed E-state index contributed by atoms with van der Waals surface area (Å²) in [6.07, 6.45) is 1.02. The maximum Gasteiger partial charge on any atom is -0.000729 e. The Bertz CT molecular complexity index is 1120. The Morgan fingerprint density at radius 3 is 2.08 bits per heavy atom. The molecule has 5 rings (SSSR count). The van der Waals surface area contributed by atoms with Crippen molar-refractivity contribution in [2.75, 3.05) is 0 Å². The molecule has 0 spiro atoms. The summed E-state index contributed by atoms with van der Waals surface area (Å²) in [6.45, 7) is 2.15. The van der Waals surface area contributed by atoms with Gasteiger partial charge in [-0.15, -0.1) is 0 Å². The summed E-state index contributed by atoms with van der Waals surface area (Å²) in [4.78, 5) is 0. The van der Waals surface area contributed by atoms with Crippen LogP contribution in [0.3, 0.4) is 0 Å². The van der Waals surface area contributed by atoms with E-state index >= 15 is 0 Å². The number of hydrogen-bond acceptors (Lipinski definition) is 0. The summed E-state index contributed by atoms with van der Waals surface area (Å²) in [6, 6.07) is 33.2. The van der Waals surface area contributed by atoms with Gasteiger partial charge in [0.05, 0.1) is 0 Å². The molecule has 0 saturated heterocycles. The molecular weight excluding hydrogens is 312 g/mol. The normalized spacial score (nSPS) is 11.9. The molecule has 0 unspecified atom stereocenters. The topological polar surface area (TPSA) is 0 Å². The Labute approximate surface area is 154 Å². The van der Waals surface area contributed by atoms with Crippen molar-refractivity contribution in [2.45, 2.75) is 13.3 Å². The molecule has 0 amide bonds. The van der Waals surface area contributed by atoms with Crippen molar-refractivity contribution in [3.63, 3.8) is 0 Å². The minimum Gasteiger partial charge on any atom is -0.0619 e. The smallest absolute Gasteiger partial charge is 0.000729 e. The van der Waals surface area contributed by atoms with E-state index in [1.54, 1.807) is 0 Å². The Hall–Kier alpha value is -3.12. The second kappa shape index (κ2) is 6.00. The van der Waals surface area contributed by atoms with Gasteiger partial charge in [0.2, 0.25) is 0 Å². The second-order valence-electron chi connectivity index (χ2n) is 7.12. The molecule has 0 aromatic heterocycles. The molecule has 0 aliphatic heterocycles. The van der Waals surface area contributed by atoms with Gasteiger partial charge in [-0.3, -0.25) is 0 Å². The number of fused-ring (bicyclic) bond motifs is 3. The molecule has 0 saturated carbocycles. The first-order valence-electron chi connectivity index (χ1n) is 9.17. The molecule has 4 aromatic carbocycles. The van der Waals surface area contributed by atoms with Gasteiger partial charge in [0.15, 0.2) is 0 Å². The van der Waals surface area contributed by atoms with Crippen LogP contribution < -0.4 is 0 Å². The molecule has 4 aromatic rings. The predicted octanol–water partition coefficient (Wildman–Crippen LogP) is 6.90. The highest BCUT2D eigenvalue weighted by Crippen LogP contribution is 2.41. The lowest BCUT2D eigenvalue weighted by molar-refractivity contribution is 1.26. The van der Waals surface area contributed by atoms with Crippen LogP contribution in [0.15, 0.2) is 91.0 Å². The standard InChI is InChI=1S/C26H20/c1-18-7-4-9-19(15-18)20-10-5-11-21(16-20)24-13-6-14-25-23-12-3-2-8-22(23)17-26(24)25/h2-16H,17H2,1H3. The van der Waals surface area contributed by atoms with Gasteiger partial charge in [-0.05, 0) is 63.9 Å². The first-order valence-corrected chi connectivity index (χ1v) is 9.17. The van der Waals surface area contributed by atoms with E-state index in [2.05, 4.69) is 97.9 Å². The van der Waals surface area contributed by atoms with Gasteiger partial charge < -0.3 is 0 Å². The lowest BCUT2D eigenvalue weighted by Gasteiger charge is -2.11. The van der Waals surface area contributed by atoms with Gasteiger partial charge in [-0.1, -0.05) is 90.5 Å². The van der Waals surface area contributed by atoms with E-state index in [-0.39, 0.29) is 0 Å². The number of rotatable bonds is 2. The third kappa shape index (κ3) is 2.46. The van der Waals surface area contributed by atoms with Gasteiger partial charge in [-0.2, -0.15) is 0 Å². The third-order valence-corrected chi connectivity index (χ3v) is 5.38. The van der Waals surface area contributed by atoms with Crippen LogP contribution in [0.2, 0.25) is 0 Å². The lowest BCUT2D eigenvalue weighted by atomic mass is 9.93. The average Bonchev–Trinajstić information content (AvgIpc) is 3.07. The van der Waals surface area contributed by atoms with Crippen molar-refractivity contribution in [1.82, 2.24) is 0 Å². The van der Waals surface area contributed by atoms with Crippen molar-refractivity contribution in [2.24, 2.45) is 0 Å². The quantitative estimate of drug-likeness (QED) is 0.330. The van der Waals surface area contributed by atoms with E-state index in [1.165, 1.54) is 50.1 Å². The summed E-state index contributed by atoms with van der Waals surface area (Å²) in [5, 5.41) is 0. The molecule has 1 aliphatic carbocycles. The largest absolute Gasteiger partial charge is 0.0619 e. The maximum atomic E-state index is 2.33. The van der Waals surface area contributed by atoms with Crippen molar-refractivity contribution in [3.05, 3.63) is 108 Å². The van der Waals surface area contributed by atoms with Crippen LogP contribution in [0, 0.1) is 6.92 Å². The molecule has 0 nitrogen and oxygen atoms in total. The SMILES string of the molecule is Cc1cccc(-c2cccc(-c3cccc4c3Cc3ccccc3-4)c2)c1. The molecule has 0 fully saturated rings. The van der Waals surface area contributed by atoms with Crippen LogP contribution in [0.1, 0.15) is 16.7 Å². The molecule has 26 heavy (non-hydrogen) atoms. The maximum absolute atomic E-state index is 2.33. The lowest BCUT2D eigenvalue weighted by Crippen LogP contribution is -1.89. The molecule has 1 aliphatic rings. The van der Waals surface area contributed by atoms with Crippen molar-refractivity contribution >= 4 is 0 Å². The number of benzene rings is 4. The zero-order chi connectivity index (χ0) is 17.5. The fourth-order valence-corrected chi connectivity index (χ4v) is 4.12. The van der Waals surface area contributed by atoms with E-state index < -0.39 is 0 Å². The Kier molecular flexibility index (Phi) is 3.50. The van der Waals surface area contributed by atoms with Crippen LogP contribution in [-0.4, -0.2) is 0 Å². The molecule has 0 radical (unpaired) electrons. The number of aryl methyl sites for hydroxylation is 1. The zero-order valence-corrected chi connectivity index (χ0v) is 14.9. The Morgan fingerprint density at radius 1 is 0.538 bits per heavy atom. The van der Waals surface area contributed by atoms with Crippen LogP contribution in [0.25, 0.3) is 33.4 Å². The predicted molar refractivity (Wildman–Crippen MR) is 110 cm³/mol. The van der Waals surface area contributed by atoms with E-state index in [0.717, 1.165) is 6.42 Å². The minimum absolute atomic E-state index is 1.02. The summed E-state index contributed by atoms with van der Waals surface area (Å²) in [7, 11) is 0. The molecule has 0 heterocycles. The van der Waals surface area contributed by atoms with Gasteiger partial charge in [0, 0.05) is 0 Å². The van der Waals surface area contributed by atoms with Crippen LogP contribution in [0.5, 0.6) is 0 Å². The highest BCUT2D eigenvalue weighted by molar-refractivity contribution is 5.85. The summed E-state index contributed by atoms with van der Waals surface area (Å²) in [5.74, 6) is 0. The fraction of sp³-hybridized carbons (Fsp3) is 0.0769. The van der Waals surface area contributed by atoms with Crippen LogP contribution in [0.4, 0.5) is 0 Å². The molecular formula is C26H20. The molecule has 0 atom stereocenters. The highest BCUT2D eigenvalue weighted by atomic mass is 14.2. The molecule has 0 heteroatoms. The molecule has 0 N–H and O–H groups in total. The van der Waals surface area contributed by atoms with E-state index in [0.29, 0.717) is 0 Å². The van der Waals surface area contributed by atoms with E-state index in [4.69, 9.17) is 0 Å². The third-order valence-electron chi connectivity index (χ3n) is 5.38. The summed E-state index contributed by atoms with van der Waals surface area (Å²) in [5.41, 5.74) is 12.2. The average molecular weight is 332 g/mol. The monoisotopic (exact) mass is 332 g/mol. The summed E-state index contributed by atoms with van der Waals surface area (Å²) < 4.78 is 0. The first kappa shape index (κ1) is 15.2. The number of hydrogen-bond donors (Lipinski definition) is 0. The first-order chi connectivity index (χ1) is 12.8. The fourth-order valence-electron chi connectivity index (χ4n) is 4.12. The molecule has 0 bridgehead atoms. The second-order valence-corrected chi connectivity index (χ2v) is 7.12.